The summed E-state index contributed by atoms with van der Waals surface area (Å²) in [6.45, 7) is 4.55. The number of carbonyl (C=O) groups excluding carboxylic acids is 2. The van der Waals surface area contributed by atoms with E-state index in [0.29, 0.717) is 43.6 Å². The second-order valence-electron chi connectivity index (χ2n) is 7.86. The molecule has 0 unspecified atom stereocenters. The lowest BCUT2D eigenvalue weighted by Gasteiger charge is -2.38. The highest BCUT2D eigenvalue weighted by Gasteiger charge is 2.31. The molecular formula is C23H26FN5O3. The van der Waals surface area contributed by atoms with Gasteiger partial charge < -0.3 is 19.9 Å². The van der Waals surface area contributed by atoms with Gasteiger partial charge in [0, 0.05) is 31.9 Å². The number of ether oxygens (including phenoxy) is 1. The highest BCUT2D eigenvalue weighted by molar-refractivity contribution is 6.06. The van der Waals surface area contributed by atoms with Crippen LogP contribution in [0.15, 0.2) is 47.5 Å². The van der Waals surface area contributed by atoms with Gasteiger partial charge in [-0.3, -0.25) is 14.9 Å². The molecule has 0 saturated carbocycles. The van der Waals surface area contributed by atoms with E-state index in [1.807, 2.05) is 24.0 Å². The summed E-state index contributed by atoms with van der Waals surface area (Å²) in [6, 6.07) is 11.1. The number of hydrogen-bond acceptors (Lipinski definition) is 6. The first-order chi connectivity index (χ1) is 15.4. The van der Waals surface area contributed by atoms with Crippen LogP contribution in [0.5, 0.6) is 5.75 Å². The van der Waals surface area contributed by atoms with Crippen LogP contribution in [0.1, 0.15) is 12.0 Å². The fraction of sp³-hybridized carbons (Fsp3) is 0.348. The number of aryl methyl sites for hydroxylation is 1. The molecule has 8 nitrogen and oxygen atoms in total. The predicted molar refractivity (Wildman–Crippen MR) is 121 cm³/mol. The third kappa shape index (κ3) is 4.82. The van der Waals surface area contributed by atoms with Gasteiger partial charge in [-0.25, -0.2) is 9.38 Å². The topological polar surface area (TPSA) is 86.3 Å². The maximum absolute atomic E-state index is 13.2. The number of nitrogens with one attached hydrogen (secondary N) is 2. The van der Waals surface area contributed by atoms with Gasteiger partial charge in [0.15, 0.2) is 0 Å². The number of guanidine groups is 1. The van der Waals surface area contributed by atoms with Crippen molar-refractivity contribution in [3.63, 3.8) is 0 Å². The van der Waals surface area contributed by atoms with Gasteiger partial charge in [-0.1, -0.05) is 6.07 Å². The molecule has 4 rings (SSSR count). The molecule has 2 N–H and O–H groups in total. The highest BCUT2D eigenvalue weighted by atomic mass is 19.1. The Morgan fingerprint density at radius 3 is 2.50 bits per heavy atom. The molecule has 2 aliphatic rings. The van der Waals surface area contributed by atoms with Crippen molar-refractivity contribution in [2.24, 2.45) is 4.99 Å². The first kappa shape index (κ1) is 21.6. The van der Waals surface area contributed by atoms with Crippen molar-refractivity contribution in [1.29, 1.82) is 0 Å². The molecule has 9 heteroatoms. The fourth-order valence-electron chi connectivity index (χ4n) is 3.85. The Labute approximate surface area is 186 Å². The zero-order chi connectivity index (χ0) is 22.7. The lowest BCUT2D eigenvalue weighted by molar-refractivity contribution is -0.125. The number of piperazine rings is 1. The minimum Gasteiger partial charge on any atom is -0.495 e. The Balaban J connectivity index is 1.43. The summed E-state index contributed by atoms with van der Waals surface area (Å²) in [5.74, 6) is 0.0967. The molecule has 2 amide bonds. The second-order valence-corrected chi connectivity index (χ2v) is 7.86. The number of rotatable bonds is 4. The molecule has 2 aromatic rings. The molecule has 1 saturated heterocycles. The molecule has 1 atom stereocenters. The van der Waals surface area contributed by atoms with Gasteiger partial charge in [0.25, 0.3) is 0 Å². The van der Waals surface area contributed by atoms with Gasteiger partial charge in [0.05, 0.1) is 19.2 Å². The van der Waals surface area contributed by atoms with Crippen molar-refractivity contribution in [2.45, 2.75) is 19.4 Å². The number of carbonyl (C=O) groups is 2. The SMILES string of the molecule is COc1ccc(C)cc1NC(=O)[C@@H]1CC(=O)NC(N2CCN(c3ccc(F)cc3)CC2)=N1. The van der Waals surface area contributed by atoms with Gasteiger partial charge in [0.1, 0.15) is 17.6 Å². The van der Waals surface area contributed by atoms with Crippen LogP contribution in [0.4, 0.5) is 15.8 Å². The van der Waals surface area contributed by atoms with Crippen molar-refractivity contribution < 1.29 is 18.7 Å². The molecule has 2 aliphatic heterocycles. The van der Waals surface area contributed by atoms with E-state index in [1.54, 1.807) is 18.2 Å². The zero-order valence-electron chi connectivity index (χ0n) is 18.1. The summed E-state index contributed by atoms with van der Waals surface area (Å²) in [7, 11) is 1.54. The standard InChI is InChI=1S/C23H26FN5O3/c1-15-3-8-20(32-2)18(13-15)25-22(31)19-14-21(30)27-23(26-19)29-11-9-28(10-12-29)17-6-4-16(24)5-7-17/h3-8,13,19H,9-12,14H2,1-2H3,(H,25,31)(H,26,27,30)/t19-/m0/s1. The molecule has 2 aromatic carbocycles. The Bertz CT molecular complexity index is 1030. The normalized spacial score (nSPS) is 18.7. The number of benzene rings is 2. The minimum absolute atomic E-state index is 0.0149. The molecule has 2 heterocycles. The molecule has 0 aliphatic carbocycles. The van der Waals surface area contributed by atoms with Gasteiger partial charge in [0.2, 0.25) is 17.8 Å². The number of methoxy groups -OCH3 is 1. The first-order valence-corrected chi connectivity index (χ1v) is 10.5. The lowest BCUT2D eigenvalue weighted by Crippen LogP contribution is -2.56. The van der Waals surface area contributed by atoms with E-state index in [2.05, 4.69) is 20.5 Å². The second kappa shape index (κ2) is 9.25. The van der Waals surface area contributed by atoms with Crippen LogP contribution in [0.2, 0.25) is 0 Å². The maximum Gasteiger partial charge on any atom is 0.249 e. The van der Waals surface area contributed by atoms with Crippen LogP contribution >= 0.6 is 0 Å². The smallest absolute Gasteiger partial charge is 0.249 e. The van der Waals surface area contributed by atoms with E-state index in [0.717, 1.165) is 11.3 Å². The largest absolute Gasteiger partial charge is 0.495 e. The molecule has 168 valence electrons. The number of amides is 2. The fourth-order valence-corrected chi connectivity index (χ4v) is 3.85. The Hall–Kier alpha value is -3.62. The van der Waals surface area contributed by atoms with E-state index >= 15 is 0 Å². The molecular weight excluding hydrogens is 413 g/mol. The Morgan fingerprint density at radius 1 is 1.12 bits per heavy atom. The van der Waals surface area contributed by atoms with Crippen LogP contribution in [0, 0.1) is 12.7 Å². The van der Waals surface area contributed by atoms with Gasteiger partial charge >= 0.3 is 0 Å². The van der Waals surface area contributed by atoms with Gasteiger partial charge in [-0.2, -0.15) is 0 Å². The van der Waals surface area contributed by atoms with Crippen LogP contribution in [0.3, 0.4) is 0 Å². The van der Waals surface area contributed by atoms with Gasteiger partial charge in [-0.15, -0.1) is 0 Å². The van der Waals surface area contributed by atoms with Crippen LogP contribution < -0.4 is 20.3 Å². The summed E-state index contributed by atoms with van der Waals surface area (Å²) in [4.78, 5) is 33.8. The summed E-state index contributed by atoms with van der Waals surface area (Å²) in [6.07, 6.45) is -0.0149. The molecule has 0 radical (unpaired) electrons. The lowest BCUT2D eigenvalue weighted by atomic mass is 10.1. The Kier molecular flexibility index (Phi) is 6.25. The van der Waals surface area contributed by atoms with E-state index < -0.39 is 6.04 Å². The summed E-state index contributed by atoms with van der Waals surface area (Å²) in [5, 5.41) is 5.63. The quantitative estimate of drug-likeness (QED) is 0.763. The Morgan fingerprint density at radius 2 is 1.81 bits per heavy atom. The van der Waals surface area contributed by atoms with Crippen LogP contribution in [-0.2, 0) is 9.59 Å². The molecule has 0 bridgehead atoms. The van der Waals surface area contributed by atoms with Crippen LogP contribution in [-0.4, -0.2) is 62.0 Å². The van der Waals surface area contributed by atoms with Crippen molar-refractivity contribution in [3.8, 4) is 5.75 Å². The summed E-state index contributed by atoms with van der Waals surface area (Å²) in [5.41, 5.74) is 2.48. The summed E-state index contributed by atoms with van der Waals surface area (Å²) >= 11 is 0. The summed E-state index contributed by atoms with van der Waals surface area (Å²) < 4.78 is 18.5. The third-order valence-corrected chi connectivity index (χ3v) is 5.59. The number of hydrogen-bond donors (Lipinski definition) is 2. The zero-order valence-corrected chi connectivity index (χ0v) is 18.1. The average Bonchev–Trinajstić information content (AvgIpc) is 2.79. The monoisotopic (exact) mass is 439 g/mol. The molecule has 32 heavy (non-hydrogen) atoms. The number of aliphatic imine (C=N–C) groups is 1. The predicted octanol–water partition coefficient (Wildman–Crippen LogP) is 2.15. The maximum atomic E-state index is 13.2. The van der Waals surface area contributed by atoms with E-state index in [9.17, 15) is 14.0 Å². The number of anilines is 2. The van der Waals surface area contributed by atoms with E-state index in [4.69, 9.17) is 4.74 Å². The van der Waals surface area contributed by atoms with Crippen molar-refractivity contribution in [2.75, 3.05) is 43.5 Å². The first-order valence-electron chi connectivity index (χ1n) is 10.5. The third-order valence-electron chi connectivity index (χ3n) is 5.59. The molecule has 1 fully saturated rings. The number of nitrogens with zero attached hydrogens (tertiary/aromatic N) is 3. The average molecular weight is 439 g/mol. The van der Waals surface area contributed by atoms with Crippen molar-refractivity contribution in [1.82, 2.24) is 10.2 Å². The van der Waals surface area contributed by atoms with Crippen molar-refractivity contribution >= 4 is 29.1 Å². The van der Waals surface area contributed by atoms with Crippen molar-refractivity contribution in [3.05, 3.63) is 53.8 Å². The molecule has 0 spiro atoms. The number of halogens is 1. The highest BCUT2D eigenvalue weighted by Crippen LogP contribution is 2.26. The van der Waals surface area contributed by atoms with E-state index in [-0.39, 0.29) is 24.1 Å². The van der Waals surface area contributed by atoms with E-state index in [1.165, 1.54) is 19.2 Å². The molecule has 0 aromatic heterocycles. The van der Waals surface area contributed by atoms with Gasteiger partial charge in [-0.05, 0) is 48.9 Å². The van der Waals surface area contributed by atoms with Crippen LogP contribution in [0.25, 0.3) is 0 Å². The minimum atomic E-state index is -0.820.